The van der Waals surface area contributed by atoms with Gasteiger partial charge in [0.2, 0.25) is 0 Å². The van der Waals surface area contributed by atoms with Crippen molar-refractivity contribution in [3.63, 3.8) is 0 Å². The second-order valence-corrected chi connectivity index (χ2v) is 8.74. The molecule has 0 aromatic heterocycles. The summed E-state index contributed by atoms with van der Waals surface area (Å²) in [6.45, 7) is 6.04. The van der Waals surface area contributed by atoms with Crippen LogP contribution in [0.15, 0.2) is 60.7 Å². The predicted molar refractivity (Wildman–Crippen MR) is 118 cm³/mol. The van der Waals surface area contributed by atoms with E-state index in [1.807, 2.05) is 60.7 Å². The topological polar surface area (TPSA) is 97.3 Å². The Kier molecular flexibility index (Phi) is 7.71. The van der Waals surface area contributed by atoms with E-state index in [0.29, 0.717) is 13.0 Å². The Morgan fingerprint density at radius 1 is 1.09 bits per heavy atom. The van der Waals surface area contributed by atoms with Crippen molar-refractivity contribution in [1.29, 1.82) is 0 Å². The number of alkyl carbamates (subject to hydrolysis) is 1. The molecule has 0 radical (unpaired) electrons. The Bertz CT molecular complexity index is 884. The third kappa shape index (κ3) is 7.25. The van der Waals surface area contributed by atoms with Crippen LogP contribution in [-0.4, -0.2) is 52.8 Å². The summed E-state index contributed by atoms with van der Waals surface area (Å²) in [5.74, 6) is 0. The highest BCUT2D eigenvalue weighted by Crippen LogP contribution is 2.25. The molecule has 2 N–H and O–H groups in total. The molecule has 1 aliphatic rings. The summed E-state index contributed by atoms with van der Waals surface area (Å²) in [4.78, 5) is 30.0. The largest absolute Gasteiger partial charge is 0.506 e. The van der Waals surface area contributed by atoms with Gasteiger partial charge in [0.25, 0.3) is 0 Å². The van der Waals surface area contributed by atoms with Crippen LogP contribution in [0.5, 0.6) is 0 Å². The molecule has 1 saturated heterocycles. The molecule has 2 unspecified atom stereocenters. The summed E-state index contributed by atoms with van der Waals surface area (Å²) in [6.07, 6.45) is -3.07. The monoisotopic (exact) mass is 442 g/mol. The summed E-state index contributed by atoms with van der Waals surface area (Å²) >= 11 is 0. The van der Waals surface area contributed by atoms with Gasteiger partial charge in [-0.3, -0.25) is 4.84 Å². The third-order valence-electron chi connectivity index (χ3n) is 4.87. The molecule has 3 atom stereocenters. The van der Waals surface area contributed by atoms with Gasteiger partial charge in [-0.1, -0.05) is 60.7 Å². The second kappa shape index (κ2) is 10.5. The minimum atomic E-state index is -1.39. The van der Waals surface area contributed by atoms with Crippen LogP contribution in [0.1, 0.15) is 31.9 Å². The highest BCUT2D eigenvalue weighted by molar-refractivity contribution is 5.68. The molecule has 0 saturated carbocycles. The standard InChI is InChI=1S/C24H30N2O6/c1-24(2,3)31-22(27)25-19(14-17-10-6-4-7-11-17)21-20(30-23(28)29)16-26(32-21)15-18-12-8-5-9-13-18/h4-13,19-21H,14-16H2,1-3H3,(H,25,27)(H,28,29)/t19-,20?,21?/m0/s1. The highest BCUT2D eigenvalue weighted by atomic mass is 16.7. The maximum absolute atomic E-state index is 12.6. The lowest BCUT2D eigenvalue weighted by atomic mass is 9.98. The van der Waals surface area contributed by atoms with E-state index in [0.717, 1.165) is 11.1 Å². The van der Waals surface area contributed by atoms with Crippen LogP contribution in [0, 0.1) is 0 Å². The Labute approximate surface area is 188 Å². The first-order valence-electron chi connectivity index (χ1n) is 10.6. The lowest BCUT2D eigenvalue weighted by Crippen LogP contribution is -2.51. The van der Waals surface area contributed by atoms with Crippen LogP contribution >= 0.6 is 0 Å². The van der Waals surface area contributed by atoms with Crippen molar-refractivity contribution in [2.45, 2.75) is 57.6 Å². The van der Waals surface area contributed by atoms with Crippen molar-refractivity contribution in [3.05, 3.63) is 71.8 Å². The van der Waals surface area contributed by atoms with Gasteiger partial charge in [0.05, 0.1) is 12.6 Å². The fourth-order valence-corrected chi connectivity index (χ4v) is 3.62. The average molecular weight is 443 g/mol. The first-order valence-corrected chi connectivity index (χ1v) is 10.6. The fourth-order valence-electron chi connectivity index (χ4n) is 3.62. The lowest BCUT2D eigenvalue weighted by molar-refractivity contribution is -0.164. The Morgan fingerprint density at radius 3 is 2.25 bits per heavy atom. The molecule has 1 heterocycles. The van der Waals surface area contributed by atoms with E-state index < -0.39 is 36.1 Å². The van der Waals surface area contributed by atoms with Crippen LogP contribution in [0.2, 0.25) is 0 Å². The third-order valence-corrected chi connectivity index (χ3v) is 4.87. The molecule has 2 aromatic carbocycles. The van der Waals surface area contributed by atoms with E-state index in [-0.39, 0.29) is 6.54 Å². The van der Waals surface area contributed by atoms with Crippen molar-refractivity contribution in [1.82, 2.24) is 10.4 Å². The number of ether oxygens (including phenoxy) is 2. The lowest BCUT2D eigenvalue weighted by Gasteiger charge is -2.29. The fraction of sp³-hybridized carbons (Fsp3) is 0.417. The van der Waals surface area contributed by atoms with E-state index in [9.17, 15) is 14.7 Å². The minimum absolute atomic E-state index is 0.243. The number of nitrogens with zero attached hydrogens (tertiary/aromatic N) is 1. The average Bonchev–Trinajstić information content (AvgIpc) is 3.09. The van der Waals surface area contributed by atoms with Crippen LogP contribution in [0.25, 0.3) is 0 Å². The molecule has 0 bridgehead atoms. The summed E-state index contributed by atoms with van der Waals surface area (Å²) in [5.41, 5.74) is 1.31. The molecule has 0 spiro atoms. The first kappa shape index (κ1) is 23.6. The molecule has 32 heavy (non-hydrogen) atoms. The smallest absolute Gasteiger partial charge is 0.450 e. The maximum atomic E-state index is 12.6. The van der Waals surface area contributed by atoms with Crippen molar-refractivity contribution >= 4 is 12.2 Å². The molecule has 1 aliphatic heterocycles. The van der Waals surface area contributed by atoms with Gasteiger partial charge in [-0.25, -0.2) is 9.59 Å². The normalized spacial score (nSPS) is 19.8. The van der Waals surface area contributed by atoms with Gasteiger partial charge in [-0.2, -0.15) is 5.06 Å². The maximum Gasteiger partial charge on any atom is 0.506 e. The number of rotatable bonds is 7. The summed E-state index contributed by atoms with van der Waals surface area (Å²) in [6, 6.07) is 18.7. The highest BCUT2D eigenvalue weighted by Gasteiger charge is 2.43. The number of hydrogen-bond acceptors (Lipinski definition) is 6. The Balaban J connectivity index is 1.81. The first-order chi connectivity index (χ1) is 15.2. The van der Waals surface area contributed by atoms with Crippen molar-refractivity contribution in [2.75, 3.05) is 6.54 Å². The minimum Gasteiger partial charge on any atom is -0.450 e. The quantitative estimate of drug-likeness (QED) is 0.626. The Hall–Kier alpha value is -3.10. The van der Waals surface area contributed by atoms with E-state index in [1.54, 1.807) is 25.8 Å². The number of hydrogen-bond donors (Lipinski definition) is 2. The predicted octanol–water partition coefficient (Wildman–Crippen LogP) is 4.00. The van der Waals surface area contributed by atoms with Gasteiger partial charge < -0.3 is 19.9 Å². The van der Waals surface area contributed by atoms with Crippen molar-refractivity contribution < 1.29 is 29.0 Å². The number of carboxylic acid groups (broad SMARTS) is 1. The zero-order chi connectivity index (χ0) is 23.1. The van der Waals surface area contributed by atoms with Gasteiger partial charge in [-0.15, -0.1) is 0 Å². The number of amides is 1. The zero-order valence-corrected chi connectivity index (χ0v) is 18.6. The summed E-state index contributed by atoms with van der Waals surface area (Å²) < 4.78 is 10.6. The van der Waals surface area contributed by atoms with Gasteiger partial charge in [0.15, 0.2) is 6.10 Å². The molecule has 3 rings (SSSR count). The SMILES string of the molecule is CC(C)(C)OC(=O)N[C@@H](Cc1ccccc1)C1ON(Cc2ccccc2)CC1OC(=O)O. The second-order valence-electron chi connectivity index (χ2n) is 8.74. The molecule has 172 valence electrons. The number of hydroxylamine groups is 2. The van der Waals surface area contributed by atoms with Crippen LogP contribution in [0.3, 0.4) is 0 Å². The van der Waals surface area contributed by atoms with Gasteiger partial charge in [-0.05, 0) is 38.3 Å². The summed E-state index contributed by atoms with van der Waals surface area (Å²) in [5, 5.41) is 13.8. The van der Waals surface area contributed by atoms with Crippen LogP contribution in [0.4, 0.5) is 9.59 Å². The van der Waals surface area contributed by atoms with Gasteiger partial charge in [0, 0.05) is 6.54 Å². The molecular weight excluding hydrogens is 412 g/mol. The molecule has 8 nitrogen and oxygen atoms in total. The van der Waals surface area contributed by atoms with Crippen molar-refractivity contribution in [3.8, 4) is 0 Å². The van der Waals surface area contributed by atoms with E-state index in [4.69, 9.17) is 14.3 Å². The van der Waals surface area contributed by atoms with Gasteiger partial charge in [0.1, 0.15) is 11.7 Å². The molecule has 2 aromatic rings. The van der Waals surface area contributed by atoms with Crippen molar-refractivity contribution in [2.24, 2.45) is 0 Å². The van der Waals surface area contributed by atoms with E-state index in [1.165, 1.54) is 0 Å². The van der Waals surface area contributed by atoms with Crippen LogP contribution < -0.4 is 5.32 Å². The zero-order valence-electron chi connectivity index (χ0n) is 18.6. The van der Waals surface area contributed by atoms with Crippen LogP contribution in [-0.2, 0) is 27.3 Å². The Morgan fingerprint density at radius 2 is 1.69 bits per heavy atom. The van der Waals surface area contributed by atoms with E-state index >= 15 is 0 Å². The summed E-state index contributed by atoms with van der Waals surface area (Å²) in [7, 11) is 0. The number of nitrogens with one attached hydrogen (secondary N) is 1. The molecule has 1 fully saturated rings. The number of benzene rings is 2. The molecule has 1 amide bonds. The number of carbonyl (C=O) groups is 2. The molecule has 0 aliphatic carbocycles. The molecular formula is C24H30N2O6. The van der Waals surface area contributed by atoms with E-state index in [2.05, 4.69) is 5.32 Å². The van der Waals surface area contributed by atoms with Gasteiger partial charge >= 0.3 is 12.2 Å². The number of carbonyl (C=O) groups excluding carboxylic acids is 1. The molecule has 8 heteroatoms.